The Balaban J connectivity index is 0. The van der Waals surface area contributed by atoms with E-state index in [4.69, 9.17) is 4.74 Å². The smallest absolute Gasteiger partial charge is 0.338 e. The third-order valence-corrected chi connectivity index (χ3v) is 1.74. The van der Waals surface area contributed by atoms with E-state index in [9.17, 15) is 4.79 Å². The minimum atomic E-state index is -0.228. The maximum atomic E-state index is 11.3. The summed E-state index contributed by atoms with van der Waals surface area (Å²) in [4.78, 5) is 11.3. The van der Waals surface area contributed by atoms with Gasteiger partial charge in [-0.2, -0.15) is 0 Å². The number of halogens is 2. The maximum Gasteiger partial charge on any atom is 0.338 e. The second kappa shape index (κ2) is 9.81. The lowest BCUT2D eigenvalue weighted by Gasteiger charge is -2.02. The van der Waals surface area contributed by atoms with Crippen LogP contribution in [0.5, 0.6) is 0 Å². The quantitative estimate of drug-likeness (QED) is 0.604. The average molecular weight is 251 g/mol. The molecule has 1 aromatic carbocycles. The Labute approximate surface area is 103 Å². The molecule has 0 aliphatic heterocycles. The first-order valence-electron chi connectivity index (χ1n) is 4.56. The van der Waals surface area contributed by atoms with Crippen LogP contribution in [0.25, 0.3) is 0 Å². The van der Waals surface area contributed by atoms with E-state index in [1.54, 1.807) is 12.1 Å². The highest BCUT2D eigenvalue weighted by Gasteiger charge is 2.03. The minimum Gasteiger partial charge on any atom is -0.462 e. The normalized spacial score (nSPS) is 8.33. The van der Waals surface area contributed by atoms with Crippen molar-refractivity contribution in [1.82, 2.24) is 0 Å². The van der Waals surface area contributed by atoms with Gasteiger partial charge in [-0.15, -0.1) is 24.8 Å². The Kier molecular flexibility index (Phi) is 10.9. The maximum absolute atomic E-state index is 11.3. The van der Waals surface area contributed by atoms with Crippen molar-refractivity contribution in [3.05, 3.63) is 35.9 Å². The molecule has 0 N–H and O–H groups in total. The number of carbonyl (C=O) groups excluding carboxylic acids is 1. The number of ether oxygens (including phenoxy) is 1. The van der Waals surface area contributed by atoms with E-state index in [0.29, 0.717) is 12.2 Å². The van der Waals surface area contributed by atoms with E-state index in [1.807, 2.05) is 18.2 Å². The highest BCUT2D eigenvalue weighted by Crippen LogP contribution is 2.01. The van der Waals surface area contributed by atoms with Gasteiger partial charge < -0.3 is 4.74 Å². The van der Waals surface area contributed by atoms with Crippen molar-refractivity contribution in [2.45, 2.75) is 19.8 Å². The van der Waals surface area contributed by atoms with Crippen molar-refractivity contribution in [2.75, 3.05) is 6.61 Å². The van der Waals surface area contributed by atoms with E-state index in [0.717, 1.165) is 12.8 Å². The molecule has 0 heterocycles. The zero-order valence-corrected chi connectivity index (χ0v) is 10.3. The van der Waals surface area contributed by atoms with Gasteiger partial charge in [-0.3, -0.25) is 0 Å². The molecular formula is C11H16Cl2O2. The van der Waals surface area contributed by atoms with Gasteiger partial charge in [0.1, 0.15) is 0 Å². The van der Waals surface area contributed by atoms with Crippen molar-refractivity contribution < 1.29 is 9.53 Å². The monoisotopic (exact) mass is 250 g/mol. The van der Waals surface area contributed by atoms with Crippen LogP contribution in [0.1, 0.15) is 30.1 Å². The summed E-state index contributed by atoms with van der Waals surface area (Å²) < 4.78 is 5.03. The molecule has 0 aliphatic rings. The SMILES string of the molecule is CCCCOC(=O)c1ccccc1.Cl.Cl. The third kappa shape index (κ3) is 6.37. The molecular weight excluding hydrogens is 235 g/mol. The molecule has 0 bridgehead atoms. The summed E-state index contributed by atoms with van der Waals surface area (Å²) in [5, 5.41) is 0. The highest BCUT2D eigenvalue weighted by molar-refractivity contribution is 5.89. The Morgan fingerprint density at radius 2 is 1.80 bits per heavy atom. The molecule has 1 rings (SSSR count). The Hall–Kier alpha value is -0.730. The summed E-state index contributed by atoms with van der Waals surface area (Å²) in [6.45, 7) is 2.58. The topological polar surface area (TPSA) is 26.3 Å². The fourth-order valence-electron chi connectivity index (χ4n) is 0.967. The van der Waals surface area contributed by atoms with Crippen molar-refractivity contribution in [1.29, 1.82) is 0 Å². The first kappa shape index (κ1) is 16.7. The summed E-state index contributed by atoms with van der Waals surface area (Å²) in [5.41, 5.74) is 0.624. The zero-order valence-electron chi connectivity index (χ0n) is 8.64. The van der Waals surface area contributed by atoms with Crippen LogP contribution in [-0.2, 0) is 4.74 Å². The predicted molar refractivity (Wildman–Crippen MR) is 66.1 cm³/mol. The number of rotatable bonds is 4. The van der Waals surface area contributed by atoms with E-state index >= 15 is 0 Å². The van der Waals surface area contributed by atoms with Crippen LogP contribution in [0.4, 0.5) is 0 Å². The number of benzene rings is 1. The largest absolute Gasteiger partial charge is 0.462 e. The fourth-order valence-corrected chi connectivity index (χ4v) is 0.967. The number of carbonyl (C=O) groups is 1. The zero-order chi connectivity index (χ0) is 9.52. The number of esters is 1. The van der Waals surface area contributed by atoms with Crippen molar-refractivity contribution in [3.8, 4) is 0 Å². The van der Waals surface area contributed by atoms with Crippen molar-refractivity contribution in [3.63, 3.8) is 0 Å². The van der Waals surface area contributed by atoms with E-state index in [-0.39, 0.29) is 30.8 Å². The second-order valence-electron chi connectivity index (χ2n) is 2.86. The molecule has 4 heteroatoms. The summed E-state index contributed by atoms with van der Waals surface area (Å²) in [6.07, 6.45) is 1.97. The number of unbranched alkanes of at least 4 members (excludes halogenated alkanes) is 1. The van der Waals surface area contributed by atoms with Gasteiger partial charge >= 0.3 is 5.97 Å². The molecule has 0 unspecified atom stereocenters. The lowest BCUT2D eigenvalue weighted by atomic mass is 10.2. The lowest BCUT2D eigenvalue weighted by molar-refractivity contribution is 0.0500. The van der Waals surface area contributed by atoms with Crippen molar-refractivity contribution in [2.24, 2.45) is 0 Å². The average Bonchev–Trinajstić information content (AvgIpc) is 2.19. The van der Waals surface area contributed by atoms with Gasteiger partial charge in [-0.1, -0.05) is 31.5 Å². The van der Waals surface area contributed by atoms with E-state index < -0.39 is 0 Å². The molecule has 0 fully saturated rings. The first-order chi connectivity index (χ1) is 6.34. The molecule has 0 aromatic heterocycles. The summed E-state index contributed by atoms with van der Waals surface area (Å²) in [7, 11) is 0. The Morgan fingerprint density at radius 1 is 1.20 bits per heavy atom. The second-order valence-corrected chi connectivity index (χ2v) is 2.86. The molecule has 0 saturated heterocycles. The summed E-state index contributed by atoms with van der Waals surface area (Å²) in [6, 6.07) is 9.05. The predicted octanol–water partition coefficient (Wildman–Crippen LogP) is 3.49. The van der Waals surface area contributed by atoms with Crippen molar-refractivity contribution >= 4 is 30.8 Å². The fraction of sp³-hybridized carbons (Fsp3) is 0.364. The van der Waals surface area contributed by atoms with Gasteiger partial charge in [-0.25, -0.2) is 4.79 Å². The summed E-state index contributed by atoms with van der Waals surface area (Å²) in [5.74, 6) is -0.228. The molecule has 0 atom stereocenters. The van der Waals surface area contributed by atoms with Gasteiger partial charge in [0.05, 0.1) is 12.2 Å². The first-order valence-corrected chi connectivity index (χ1v) is 4.56. The standard InChI is InChI=1S/C11H14O2.2ClH/c1-2-3-9-13-11(12)10-7-5-4-6-8-10;;/h4-8H,2-3,9H2,1H3;2*1H. The van der Waals surface area contributed by atoms with Crippen LogP contribution in [0.2, 0.25) is 0 Å². The molecule has 2 nitrogen and oxygen atoms in total. The molecule has 86 valence electrons. The van der Waals surface area contributed by atoms with Crippen LogP contribution >= 0.6 is 24.8 Å². The minimum absolute atomic E-state index is 0. The van der Waals surface area contributed by atoms with Crippen LogP contribution in [0.3, 0.4) is 0 Å². The van der Waals surface area contributed by atoms with Crippen LogP contribution in [-0.4, -0.2) is 12.6 Å². The molecule has 15 heavy (non-hydrogen) atoms. The third-order valence-electron chi connectivity index (χ3n) is 1.74. The lowest BCUT2D eigenvalue weighted by Crippen LogP contribution is -2.05. The van der Waals surface area contributed by atoms with Gasteiger partial charge in [0.25, 0.3) is 0 Å². The molecule has 0 spiro atoms. The highest BCUT2D eigenvalue weighted by atomic mass is 35.5. The molecule has 0 aliphatic carbocycles. The molecule has 0 radical (unpaired) electrons. The number of hydrogen-bond acceptors (Lipinski definition) is 2. The van der Waals surface area contributed by atoms with Gasteiger partial charge in [0, 0.05) is 0 Å². The summed E-state index contributed by atoms with van der Waals surface area (Å²) >= 11 is 0. The molecule has 1 aromatic rings. The van der Waals surface area contributed by atoms with E-state index in [2.05, 4.69) is 6.92 Å². The van der Waals surface area contributed by atoms with Gasteiger partial charge in [0.15, 0.2) is 0 Å². The van der Waals surface area contributed by atoms with Crippen LogP contribution in [0, 0.1) is 0 Å². The Bertz CT molecular complexity index is 263. The Morgan fingerprint density at radius 3 is 2.33 bits per heavy atom. The van der Waals surface area contributed by atoms with E-state index in [1.165, 1.54) is 0 Å². The van der Waals surface area contributed by atoms with Crippen LogP contribution in [0.15, 0.2) is 30.3 Å². The van der Waals surface area contributed by atoms with Crippen LogP contribution < -0.4 is 0 Å². The molecule has 0 amide bonds. The van der Waals surface area contributed by atoms with Gasteiger partial charge in [0.2, 0.25) is 0 Å². The molecule has 0 saturated carbocycles. The number of hydrogen-bond donors (Lipinski definition) is 0. The van der Waals surface area contributed by atoms with Gasteiger partial charge in [-0.05, 0) is 18.6 Å².